The minimum Gasteiger partial charge on any atom is -0.491 e. The van der Waals surface area contributed by atoms with Crippen LogP contribution in [0.5, 0.6) is 5.75 Å². The predicted molar refractivity (Wildman–Crippen MR) is 117 cm³/mol. The Morgan fingerprint density at radius 2 is 1.66 bits per heavy atom. The van der Waals surface area contributed by atoms with Crippen LogP contribution in [-0.4, -0.2) is 32.7 Å². The van der Waals surface area contributed by atoms with E-state index in [2.05, 4.69) is 5.32 Å². The van der Waals surface area contributed by atoms with E-state index in [0.29, 0.717) is 18.7 Å². The first-order chi connectivity index (χ1) is 13.6. The number of carbonyl (C=O) groups excluding carboxylic acids is 1. The lowest BCUT2D eigenvalue weighted by molar-refractivity contribution is -0.122. The van der Waals surface area contributed by atoms with Crippen molar-refractivity contribution < 1.29 is 17.9 Å². The molecule has 0 aromatic heterocycles. The molecule has 0 aliphatic carbocycles. The summed E-state index contributed by atoms with van der Waals surface area (Å²) in [5, 5.41) is 2.86. The van der Waals surface area contributed by atoms with Crippen molar-refractivity contribution in [1.82, 2.24) is 5.32 Å². The Morgan fingerprint density at radius 3 is 2.14 bits per heavy atom. The van der Waals surface area contributed by atoms with Crippen molar-refractivity contribution in [2.45, 2.75) is 52.8 Å². The van der Waals surface area contributed by atoms with Gasteiger partial charge >= 0.3 is 0 Å². The Kier molecular flexibility index (Phi) is 7.67. The molecule has 0 unspecified atom stereocenters. The second kappa shape index (κ2) is 9.78. The Balaban J connectivity index is 2.14. The molecule has 1 amide bonds. The van der Waals surface area contributed by atoms with Crippen molar-refractivity contribution >= 4 is 21.6 Å². The molecule has 0 aliphatic heterocycles. The smallest absolute Gasteiger partial charge is 0.244 e. The Bertz CT molecular complexity index is 907. The number of rotatable bonds is 9. The van der Waals surface area contributed by atoms with E-state index in [1.54, 1.807) is 19.1 Å². The molecule has 0 fully saturated rings. The van der Waals surface area contributed by atoms with Gasteiger partial charge in [-0.3, -0.25) is 9.10 Å². The van der Waals surface area contributed by atoms with Gasteiger partial charge in [-0.1, -0.05) is 36.8 Å². The molecule has 0 spiro atoms. The largest absolute Gasteiger partial charge is 0.491 e. The SMILES string of the molecule is CC[C@H](C(=O)NCc1ccc(OC(C)C)cc1)N(c1ccc(C)cc1)S(C)(=O)=O. The zero-order chi connectivity index (χ0) is 21.6. The molecule has 0 radical (unpaired) electrons. The van der Waals surface area contributed by atoms with Crippen LogP contribution in [0, 0.1) is 6.92 Å². The molecule has 0 heterocycles. The second-order valence-corrected chi connectivity index (χ2v) is 9.21. The Morgan fingerprint density at radius 1 is 1.07 bits per heavy atom. The molecule has 1 N–H and O–H groups in total. The molecule has 29 heavy (non-hydrogen) atoms. The normalized spacial score (nSPS) is 12.5. The number of carbonyl (C=O) groups is 1. The third kappa shape index (κ3) is 6.49. The molecule has 2 rings (SSSR count). The summed E-state index contributed by atoms with van der Waals surface area (Å²) < 4.78 is 31.7. The van der Waals surface area contributed by atoms with Crippen molar-refractivity contribution in [1.29, 1.82) is 0 Å². The molecule has 158 valence electrons. The number of aryl methyl sites for hydroxylation is 1. The number of ether oxygens (including phenoxy) is 1. The van der Waals surface area contributed by atoms with Gasteiger partial charge in [0.25, 0.3) is 0 Å². The fraction of sp³-hybridized carbons (Fsp3) is 0.409. The molecule has 7 heteroatoms. The highest BCUT2D eigenvalue weighted by Crippen LogP contribution is 2.23. The zero-order valence-corrected chi connectivity index (χ0v) is 18.5. The molecule has 0 saturated carbocycles. The standard InChI is InChI=1S/C22H30N2O4S/c1-6-21(24(29(5,26)27)19-11-7-17(4)8-12-19)22(25)23-15-18-9-13-20(14-10-18)28-16(2)3/h7-14,16,21H,6,15H2,1-5H3,(H,23,25)/t21-/m1/s1. The van der Waals surface area contributed by atoms with Gasteiger partial charge in [-0.25, -0.2) is 8.42 Å². The van der Waals surface area contributed by atoms with E-state index in [9.17, 15) is 13.2 Å². The summed E-state index contributed by atoms with van der Waals surface area (Å²) in [6.45, 7) is 7.95. The van der Waals surface area contributed by atoms with Crippen LogP contribution >= 0.6 is 0 Å². The molecular formula is C22H30N2O4S. The minimum atomic E-state index is -3.63. The number of benzene rings is 2. The zero-order valence-electron chi connectivity index (χ0n) is 17.7. The van der Waals surface area contributed by atoms with Gasteiger partial charge in [0.1, 0.15) is 11.8 Å². The van der Waals surface area contributed by atoms with Crippen molar-refractivity contribution in [3.05, 3.63) is 59.7 Å². The van der Waals surface area contributed by atoms with Gasteiger partial charge in [-0.15, -0.1) is 0 Å². The molecule has 0 aliphatic rings. The van der Waals surface area contributed by atoms with Crippen LogP contribution in [0.1, 0.15) is 38.3 Å². The molecule has 0 bridgehead atoms. The van der Waals surface area contributed by atoms with Gasteiger partial charge in [-0.2, -0.15) is 0 Å². The number of nitrogens with zero attached hydrogens (tertiary/aromatic N) is 1. The van der Waals surface area contributed by atoms with Gasteiger partial charge < -0.3 is 10.1 Å². The van der Waals surface area contributed by atoms with Crippen molar-refractivity contribution in [3.63, 3.8) is 0 Å². The maximum Gasteiger partial charge on any atom is 0.244 e. The summed E-state index contributed by atoms with van der Waals surface area (Å²) in [7, 11) is -3.63. The minimum absolute atomic E-state index is 0.0922. The summed E-state index contributed by atoms with van der Waals surface area (Å²) in [6, 6.07) is 13.8. The lowest BCUT2D eigenvalue weighted by Gasteiger charge is -2.30. The number of nitrogens with one attached hydrogen (secondary N) is 1. The fourth-order valence-corrected chi connectivity index (χ4v) is 4.23. The number of sulfonamides is 1. The van der Waals surface area contributed by atoms with E-state index in [4.69, 9.17) is 4.74 Å². The molecule has 2 aromatic carbocycles. The van der Waals surface area contributed by atoms with Crippen LogP contribution in [0.15, 0.2) is 48.5 Å². The van der Waals surface area contributed by atoms with E-state index in [-0.39, 0.29) is 12.0 Å². The molecule has 6 nitrogen and oxygen atoms in total. The van der Waals surface area contributed by atoms with Gasteiger partial charge in [0.15, 0.2) is 0 Å². The van der Waals surface area contributed by atoms with Crippen molar-refractivity contribution in [3.8, 4) is 5.75 Å². The van der Waals surface area contributed by atoms with E-state index < -0.39 is 16.1 Å². The van der Waals surface area contributed by atoms with E-state index in [0.717, 1.165) is 23.1 Å². The number of amides is 1. The highest BCUT2D eigenvalue weighted by atomic mass is 32.2. The molecule has 0 saturated heterocycles. The van der Waals surface area contributed by atoms with E-state index in [1.165, 1.54) is 4.31 Å². The van der Waals surface area contributed by atoms with Gasteiger partial charge in [0.05, 0.1) is 18.0 Å². The highest BCUT2D eigenvalue weighted by molar-refractivity contribution is 7.92. The third-order valence-electron chi connectivity index (χ3n) is 4.38. The fourth-order valence-electron chi connectivity index (χ4n) is 3.02. The van der Waals surface area contributed by atoms with Gasteiger partial charge in [0.2, 0.25) is 15.9 Å². The summed E-state index contributed by atoms with van der Waals surface area (Å²) in [4.78, 5) is 12.8. The second-order valence-electron chi connectivity index (χ2n) is 7.35. The molecule has 2 aromatic rings. The Hall–Kier alpha value is -2.54. The maximum atomic E-state index is 12.8. The van der Waals surface area contributed by atoms with Crippen molar-refractivity contribution in [2.24, 2.45) is 0 Å². The lowest BCUT2D eigenvalue weighted by atomic mass is 10.1. The summed E-state index contributed by atoms with van der Waals surface area (Å²) in [5.74, 6) is 0.435. The van der Waals surface area contributed by atoms with Crippen molar-refractivity contribution in [2.75, 3.05) is 10.6 Å². The average Bonchev–Trinajstić information content (AvgIpc) is 2.65. The van der Waals surface area contributed by atoms with Gasteiger partial charge in [-0.05, 0) is 57.0 Å². The number of hydrogen-bond acceptors (Lipinski definition) is 4. The van der Waals surface area contributed by atoms with E-state index >= 15 is 0 Å². The molecular weight excluding hydrogens is 388 g/mol. The number of anilines is 1. The predicted octanol–water partition coefficient (Wildman–Crippen LogP) is 3.64. The highest BCUT2D eigenvalue weighted by Gasteiger charge is 2.31. The average molecular weight is 419 g/mol. The van der Waals surface area contributed by atoms with Crippen LogP contribution in [0.4, 0.5) is 5.69 Å². The summed E-state index contributed by atoms with van der Waals surface area (Å²) in [6.07, 6.45) is 1.57. The van der Waals surface area contributed by atoms with Crippen LogP contribution in [0.2, 0.25) is 0 Å². The maximum absolute atomic E-state index is 12.8. The monoisotopic (exact) mass is 418 g/mol. The number of hydrogen-bond donors (Lipinski definition) is 1. The summed E-state index contributed by atoms with van der Waals surface area (Å²) in [5.41, 5.74) is 2.41. The topological polar surface area (TPSA) is 75.7 Å². The first-order valence-corrected chi connectivity index (χ1v) is 11.6. The quantitative estimate of drug-likeness (QED) is 0.675. The van der Waals surface area contributed by atoms with Crippen LogP contribution in [-0.2, 0) is 21.4 Å². The third-order valence-corrected chi connectivity index (χ3v) is 5.56. The van der Waals surface area contributed by atoms with Crippen LogP contribution in [0.3, 0.4) is 0 Å². The first-order valence-electron chi connectivity index (χ1n) is 9.71. The Labute approximate surface area is 173 Å². The lowest BCUT2D eigenvalue weighted by Crippen LogP contribution is -2.49. The van der Waals surface area contributed by atoms with E-state index in [1.807, 2.05) is 57.2 Å². The molecule has 1 atom stereocenters. The van der Waals surface area contributed by atoms with Crippen LogP contribution < -0.4 is 14.4 Å². The van der Waals surface area contributed by atoms with Crippen LogP contribution in [0.25, 0.3) is 0 Å². The van der Waals surface area contributed by atoms with Gasteiger partial charge in [0, 0.05) is 6.54 Å². The first kappa shape index (κ1) is 22.7. The summed E-state index contributed by atoms with van der Waals surface area (Å²) >= 11 is 0.